The van der Waals surface area contributed by atoms with Crippen LogP contribution in [0, 0.1) is 6.92 Å². The van der Waals surface area contributed by atoms with Gasteiger partial charge < -0.3 is 14.5 Å². The van der Waals surface area contributed by atoms with E-state index in [2.05, 4.69) is 15.3 Å². The van der Waals surface area contributed by atoms with Gasteiger partial charge in [-0.2, -0.15) is 0 Å². The van der Waals surface area contributed by atoms with Gasteiger partial charge in [0, 0.05) is 27.2 Å². The van der Waals surface area contributed by atoms with E-state index in [0.717, 1.165) is 21.4 Å². The topological polar surface area (TPSA) is 109 Å². The molecule has 0 fully saturated rings. The molecule has 29 heavy (non-hydrogen) atoms. The van der Waals surface area contributed by atoms with Crippen molar-refractivity contribution in [3.05, 3.63) is 57.3 Å². The van der Waals surface area contributed by atoms with Gasteiger partial charge in [-0.05, 0) is 19.1 Å². The predicted octanol–water partition coefficient (Wildman–Crippen LogP) is -0.0918. The number of amides is 1. The van der Waals surface area contributed by atoms with E-state index in [1.165, 1.54) is 17.9 Å². The van der Waals surface area contributed by atoms with Gasteiger partial charge in [0.25, 0.3) is 5.56 Å². The highest BCUT2D eigenvalue weighted by atomic mass is 16.2. The van der Waals surface area contributed by atoms with E-state index in [0.29, 0.717) is 18.7 Å². The number of benzene rings is 1. The van der Waals surface area contributed by atoms with Crippen molar-refractivity contribution in [3.8, 4) is 0 Å². The molecule has 1 amide bonds. The van der Waals surface area contributed by atoms with Gasteiger partial charge in [-0.3, -0.25) is 14.2 Å². The summed E-state index contributed by atoms with van der Waals surface area (Å²) in [5, 5.41) is 2.77. The average molecular weight is 395 g/mol. The number of carbonyl (C=O) groups is 1. The Labute approximate surface area is 165 Å². The molecule has 0 aliphatic rings. The summed E-state index contributed by atoms with van der Waals surface area (Å²) in [5.74, 6) is 0.444. The molecule has 10 nitrogen and oxygen atoms in total. The van der Waals surface area contributed by atoms with Gasteiger partial charge >= 0.3 is 5.69 Å². The summed E-state index contributed by atoms with van der Waals surface area (Å²) in [6.45, 7) is 2.44. The number of carbonyl (C=O) groups excluding carboxylic acids is 1. The maximum absolute atomic E-state index is 12.7. The van der Waals surface area contributed by atoms with Crippen molar-refractivity contribution < 1.29 is 4.79 Å². The first-order chi connectivity index (χ1) is 13.9. The molecule has 4 rings (SSSR count). The lowest BCUT2D eigenvalue weighted by Gasteiger charge is -2.11. The molecule has 1 N–H and O–H groups in total. The standard InChI is InChI=1S/C19H21N7O3/c1-12-22-13-6-4-5-7-14(13)25(12)9-8-20-15(27)10-26-18(28)16-17(21-11-23(16)2)24(3)19(26)29/h4-7,11H,8-10H2,1-3H3,(H,20,27). The second-order valence-corrected chi connectivity index (χ2v) is 6.91. The van der Waals surface area contributed by atoms with Crippen molar-refractivity contribution in [3.63, 3.8) is 0 Å². The highest BCUT2D eigenvalue weighted by Gasteiger charge is 2.17. The Kier molecular flexibility index (Phi) is 4.53. The highest BCUT2D eigenvalue weighted by Crippen LogP contribution is 2.14. The van der Waals surface area contributed by atoms with Crippen LogP contribution in [0.15, 0.2) is 40.2 Å². The SMILES string of the molecule is Cc1nc2ccccc2n1CCNC(=O)Cn1c(=O)c2c(ncn2C)n(C)c1=O. The van der Waals surface area contributed by atoms with Gasteiger partial charge in [-0.15, -0.1) is 0 Å². The first kappa shape index (κ1) is 18.7. The Morgan fingerprint density at radius 3 is 2.69 bits per heavy atom. The Balaban J connectivity index is 1.51. The molecular weight excluding hydrogens is 374 g/mol. The van der Waals surface area contributed by atoms with Gasteiger partial charge in [-0.1, -0.05) is 12.1 Å². The molecule has 0 unspecified atom stereocenters. The smallest absolute Gasteiger partial charge is 0.332 e. The van der Waals surface area contributed by atoms with Gasteiger partial charge in [-0.25, -0.2) is 19.3 Å². The third kappa shape index (κ3) is 3.12. The van der Waals surface area contributed by atoms with Crippen molar-refractivity contribution >= 4 is 28.1 Å². The molecule has 0 saturated heterocycles. The molecule has 0 aliphatic carbocycles. The number of rotatable bonds is 5. The molecule has 0 radical (unpaired) electrons. The quantitative estimate of drug-likeness (QED) is 0.508. The number of aromatic nitrogens is 6. The van der Waals surface area contributed by atoms with E-state index in [-0.39, 0.29) is 12.1 Å². The number of nitrogens with one attached hydrogen (secondary N) is 1. The van der Waals surface area contributed by atoms with E-state index in [4.69, 9.17) is 0 Å². The number of hydrogen-bond donors (Lipinski definition) is 1. The minimum Gasteiger partial charge on any atom is -0.353 e. The van der Waals surface area contributed by atoms with Crippen LogP contribution in [-0.2, 0) is 32.0 Å². The third-order valence-electron chi connectivity index (χ3n) is 5.01. The second kappa shape index (κ2) is 7.04. The van der Waals surface area contributed by atoms with Gasteiger partial charge in [0.05, 0.1) is 17.4 Å². The highest BCUT2D eigenvalue weighted by molar-refractivity contribution is 5.77. The number of hydrogen-bond acceptors (Lipinski definition) is 5. The zero-order valence-corrected chi connectivity index (χ0v) is 16.4. The molecule has 1 aromatic carbocycles. The predicted molar refractivity (Wildman–Crippen MR) is 108 cm³/mol. The number of nitrogens with zero attached hydrogens (tertiary/aromatic N) is 6. The van der Waals surface area contributed by atoms with E-state index in [1.54, 1.807) is 11.6 Å². The molecule has 0 bridgehead atoms. The van der Waals surface area contributed by atoms with Crippen LogP contribution in [0.1, 0.15) is 5.82 Å². The summed E-state index contributed by atoms with van der Waals surface area (Å²) < 4.78 is 5.75. The van der Waals surface area contributed by atoms with Crippen molar-refractivity contribution in [1.82, 2.24) is 33.6 Å². The lowest BCUT2D eigenvalue weighted by Crippen LogP contribution is -2.44. The lowest BCUT2D eigenvalue weighted by atomic mass is 10.3. The number of aryl methyl sites for hydroxylation is 3. The average Bonchev–Trinajstić information content (AvgIpc) is 3.23. The zero-order valence-electron chi connectivity index (χ0n) is 16.4. The fraction of sp³-hybridized carbons (Fsp3) is 0.316. The molecule has 0 saturated carbocycles. The number of fused-ring (bicyclic) bond motifs is 2. The van der Waals surface area contributed by atoms with Crippen LogP contribution in [0.2, 0.25) is 0 Å². The first-order valence-corrected chi connectivity index (χ1v) is 9.18. The summed E-state index contributed by atoms with van der Waals surface area (Å²) in [4.78, 5) is 46.1. The molecule has 3 heterocycles. The summed E-state index contributed by atoms with van der Waals surface area (Å²) in [6, 6.07) is 7.78. The monoisotopic (exact) mass is 395 g/mol. The van der Waals surface area contributed by atoms with Gasteiger partial charge in [0.15, 0.2) is 11.2 Å². The van der Waals surface area contributed by atoms with E-state index < -0.39 is 17.2 Å². The Bertz CT molecular complexity index is 1360. The van der Waals surface area contributed by atoms with Crippen LogP contribution in [0.3, 0.4) is 0 Å². The number of imidazole rings is 2. The van der Waals surface area contributed by atoms with Crippen LogP contribution in [0.25, 0.3) is 22.2 Å². The molecule has 150 valence electrons. The Morgan fingerprint density at radius 1 is 1.14 bits per heavy atom. The van der Waals surface area contributed by atoms with E-state index in [9.17, 15) is 14.4 Å². The molecule has 0 atom stereocenters. The molecule has 3 aromatic heterocycles. The summed E-state index contributed by atoms with van der Waals surface area (Å²) in [7, 11) is 3.20. The minimum absolute atomic E-state index is 0.278. The maximum atomic E-state index is 12.7. The Morgan fingerprint density at radius 2 is 1.90 bits per heavy atom. The fourth-order valence-electron chi connectivity index (χ4n) is 3.52. The molecule has 10 heteroatoms. The lowest BCUT2D eigenvalue weighted by molar-refractivity contribution is -0.121. The van der Waals surface area contributed by atoms with Gasteiger partial charge in [0.2, 0.25) is 5.91 Å². The van der Waals surface area contributed by atoms with E-state index in [1.807, 2.05) is 35.8 Å². The Hall–Kier alpha value is -3.69. The number of para-hydroxylation sites is 2. The van der Waals surface area contributed by atoms with E-state index >= 15 is 0 Å². The van der Waals surface area contributed by atoms with Crippen LogP contribution >= 0.6 is 0 Å². The normalized spacial score (nSPS) is 11.4. The third-order valence-corrected chi connectivity index (χ3v) is 5.01. The zero-order chi connectivity index (χ0) is 20.7. The summed E-state index contributed by atoms with van der Waals surface area (Å²) >= 11 is 0. The second-order valence-electron chi connectivity index (χ2n) is 6.91. The molecule has 4 aromatic rings. The van der Waals surface area contributed by atoms with Crippen molar-refractivity contribution in [2.75, 3.05) is 6.54 Å². The summed E-state index contributed by atoms with van der Waals surface area (Å²) in [5.41, 5.74) is 1.35. The van der Waals surface area contributed by atoms with Crippen LogP contribution in [0.4, 0.5) is 0 Å². The molecule has 0 aliphatic heterocycles. The summed E-state index contributed by atoms with van der Waals surface area (Å²) in [6.07, 6.45) is 1.47. The van der Waals surface area contributed by atoms with Crippen molar-refractivity contribution in [2.24, 2.45) is 14.1 Å². The largest absolute Gasteiger partial charge is 0.353 e. The van der Waals surface area contributed by atoms with Gasteiger partial charge in [0.1, 0.15) is 12.4 Å². The maximum Gasteiger partial charge on any atom is 0.332 e. The van der Waals surface area contributed by atoms with Crippen molar-refractivity contribution in [2.45, 2.75) is 20.0 Å². The van der Waals surface area contributed by atoms with Crippen LogP contribution < -0.4 is 16.6 Å². The first-order valence-electron chi connectivity index (χ1n) is 9.18. The van der Waals surface area contributed by atoms with Crippen LogP contribution in [-0.4, -0.2) is 40.7 Å². The molecule has 0 spiro atoms. The van der Waals surface area contributed by atoms with Crippen molar-refractivity contribution in [1.29, 1.82) is 0 Å². The minimum atomic E-state index is -0.576. The molecular formula is C19H21N7O3. The van der Waals surface area contributed by atoms with Crippen LogP contribution in [0.5, 0.6) is 0 Å². The fourth-order valence-corrected chi connectivity index (χ4v) is 3.52.